The van der Waals surface area contributed by atoms with Crippen LogP contribution < -0.4 is 0 Å². The first kappa shape index (κ1) is 17.1. The van der Waals surface area contributed by atoms with Crippen LogP contribution in [0.1, 0.15) is 32.0 Å². The van der Waals surface area contributed by atoms with Gasteiger partial charge in [0.25, 0.3) is 0 Å². The number of hydrogen-bond donors (Lipinski definition) is 0. The summed E-state index contributed by atoms with van der Waals surface area (Å²) in [5.74, 6) is -0.820. The van der Waals surface area contributed by atoms with Crippen molar-refractivity contribution in [3.8, 4) is 0 Å². The summed E-state index contributed by atoms with van der Waals surface area (Å²) in [6.07, 6.45) is 0. The summed E-state index contributed by atoms with van der Waals surface area (Å²) in [6.45, 7) is 3.44. The van der Waals surface area contributed by atoms with E-state index in [1.165, 1.54) is 0 Å². The highest BCUT2D eigenvalue weighted by Gasteiger charge is 2.16. The molecule has 0 unspecified atom stereocenters. The Morgan fingerprint density at radius 1 is 1.08 bits per heavy atom. The molecule has 0 spiro atoms. The lowest BCUT2D eigenvalue weighted by molar-refractivity contribution is 0.0476. The van der Waals surface area contributed by atoms with E-state index in [1.807, 2.05) is 32.0 Å². The lowest BCUT2D eigenvalue weighted by Crippen LogP contribution is -2.15. The van der Waals surface area contributed by atoms with E-state index < -0.39 is 5.97 Å². The molecule has 1 heterocycles. The van der Waals surface area contributed by atoms with Crippen molar-refractivity contribution >= 4 is 34.3 Å². The van der Waals surface area contributed by atoms with Crippen molar-refractivity contribution in [1.82, 2.24) is 4.98 Å². The van der Waals surface area contributed by atoms with Crippen LogP contribution in [0, 0.1) is 13.8 Å². The van der Waals surface area contributed by atoms with Crippen LogP contribution in [0.4, 0.5) is 0 Å². The van der Waals surface area contributed by atoms with Gasteiger partial charge < -0.3 is 4.74 Å². The Morgan fingerprint density at radius 3 is 2.52 bits per heavy atom. The number of benzene rings is 2. The van der Waals surface area contributed by atoms with Crippen LogP contribution in [-0.4, -0.2) is 23.3 Å². The molecule has 0 bridgehead atoms. The number of aromatic nitrogens is 1. The third-order valence-corrected chi connectivity index (χ3v) is 4.14. The van der Waals surface area contributed by atoms with Crippen LogP contribution in [-0.2, 0) is 4.74 Å². The molecule has 0 aliphatic heterocycles. The fourth-order valence-electron chi connectivity index (χ4n) is 2.62. The average molecular weight is 354 g/mol. The summed E-state index contributed by atoms with van der Waals surface area (Å²) >= 11 is 5.80. The Hall–Kier alpha value is -2.72. The molecule has 3 aromatic rings. The van der Waals surface area contributed by atoms with Crippen LogP contribution >= 0.6 is 11.6 Å². The van der Waals surface area contributed by atoms with Gasteiger partial charge in [-0.1, -0.05) is 29.8 Å². The van der Waals surface area contributed by atoms with Gasteiger partial charge in [-0.3, -0.25) is 9.78 Å². The number of carbonyl (C=O) groups is 2. The second-order valence-electron chi connectivity index (χ2n) is 5.79. The summed E-state index contributed by atoms with van der Waals surface area (Å²) in [5.41, 5.74) is 3.32. The maximum atomic E-state index is 12.5. The first-order chi connectivity index (χ1) is 12.0. The van der Waals surface area contributed by atoms with E-state index in [2.05, 4.69) is 4.98 Å². The monoisotopic (exact) mass is 353 g/mol. The molecule has 4 nitrogen and oxygen atoms in total. The molecule has 0 saturated carbocycles. The van der Waals surface area contributed by atoms with Crippen LogP contribution in [0.15, 0.2) is 48.5 Å². The van der Waals surface area contributed by atoms with Gasteiger partial charge in [-0.2, -0.15) is 0 Å². The Balaban J connectivity index is 1.82. The summed E-state index contributed by atoms with van der Waals surface area (Å²) in [6, 6.07) is 13.8. The number of pyridine rings is 1. The first-order valence-electron chi connectivity index (χ1n) is 7.78. The lowest BCUT2D eigenvalue weighted by atomic mass is 10.0. The van der Waals surface area contributed by atoms with Crippen molar-refractivity contribution in [2.24, 2.45) is 0 Å². The molecule has 3 rings (SSSR count). The van der Waals surface area contributed by atoms with E-state index in [0.717, 1.165) is 22.2 Å². The number of ketones is 1. The molecular weight excluding hydrogens is 338 g/mol. The fourth-order valence-corrected chi connectivity index (χ4v) is 2.74. The van der Waals surface area contributed by atoms with Gasteiger partial charge in [-0.15, -0.1) is 0 Å². The van der Waals surface area contributed by atoms with Gasteiger partial charge >= 0.3 is 5.97 Å². The topological polar surface area (TPSA) is 56.3 Å². The summed E-state index contributed by atoms with van der Waals surface area (Å²) < 4.78 is 5.23. The van der Waals surface area contributed by atoms with Gasteiger partial charge in [0.15, 0.2) is 12.4 Å². The standard InChI is InChI=1S/C20H16ClNO3/c1-12-4-3-5-16-17(10-13(2)22-19(12)16)20(24)25-11-18(23)14-6-8-15(21)9-7-14/h3-10H,11H2,1-2H3. The predicted molar refractivity (Wildman–Crippen MR) is 97.3 cm³/mol. The fraction of sp³-hybridized carbons (Fsp3) is 0.150. The molecule has 0 aliphatic carbocycles. The molecule has 0 atom stereocenters. The van der Waals surface area contributed by atoms with E-state index in [4.69, 9.17) is 16.3 Å². The van der Waals surface area contributed by atoms with Crippen molar-refractivity contribution in [2.45, 2.75) is 13.8 Å². The highest BCUT2D eigenvalue weighted by molar-refractivity contribution is 6.30. The molecule has 0 amide bonds. The third kappa shape index (κ3) is 3.69. The molecule has 2 aromatic carbocycles. The van der Waals surface area contributed by atoms with Crippen molar-refractivity contribution in [3.05, 3.63) is 75.9 Å². The van der Waals surface area contributed by atoms with Crippen LogP contribution in [0.3, 0.4) is 0 Å². The van der Waals surface area contributed by atoms with Crippen LogP contribution in [0.2, 0.25) is 5.02 Å². The Kier molecular flexibility index (Phi) is 4.81. The third-order valence-electron chi connectivity index (χ3n) is 3.89. The zero-order valence-corrected chi connectivity index (χ0v) is 14.6. The number of nitrogens with zero attached hydrogens (tertiary/aromatic N) is 1. The minimum absolute atomic E-state index is 0.281. The van der Waals surface area contributed by atoms with Gasteiger partial charge in [0.2, 0.25) is 0 Å². The number of aryl methyl sites for hydroxylation is 2. The maximum absolute atomic E-state index is 12.5. The number of para-hydroxylation sites is 1. The Morgan fingerprint density at radius 2 is 1.80 bits per heavy atom. The van der Waals surface area contributed by atoms with Crippen molar-refractivity contribution in [3.63, 3.8) is 0 Å². The quantitative estimate of drug-likeness (QED) is 0.510. The lowest BCUT2D eigenvalue weighted by Gasteiger charge is -2.09. The number of rotatable bonds is 4. The van der Waals surface area contributed by atoms with Gasteiger partial charge in [-0.25, -0.2) is 4.79 Å². The average Bonchev–Trinajstić information content (AvgIpc) is 2.60. The molecular formula is C20H16ClNO3. The molecule has 126 valence electrons. The number of hydrogen-bond acceptors (Lipinski definition) is 4. The van der Waals surface area contributed by atoms with Crippen molar-refractivity contribution in [2.75, 3.05) is 6.61 Å². The molecule has 1 aromatic heterocycles. The minimum atomic E-state index is -0.539. The smallest absolute Gasteiger partial charge is 0.339 e. The molecule has 0 N–H and O–H groups in total. The van der Waals surface area contributed by atoms with Gasteiger partial charge in [-0.05, 0) is 49.7 Å². The van der Waals surface area contributed by atoms with Crippen LogP contribution in [0.25, 0.3) is 10.9 Å². The molecule has 5 heteroatoms. The largest absolute Gasteiger partial charge is 0.454 e. The summed E-state index contributed by atoms with van der Waals surface area (Å²) in [4.78, 5) is 29.1. The van der Waals surface area contributed by atoms with E-state index in [-0.39, 0.29) is 12.4 Å². The Labute approximate surface area is 150 Å². The minimum Gasteiger partial charge on any atom is -0.454 e. The predicted octanol–water partition coefficient (Wildman–Crippen LogP) is 4.54. The van der Waals surface area contributed by atoms with E-state index in [0.29, 0.717) is 16.1 Å². The highest BCUT2D eigenvalue weighted by atomic mass is 35.5. The van der Waals surface area contributed by atoms with E-state index >= 15 is 0 Å². The number of carbonyl (C=O) groups excluding carboxylic acids is 2. The second kappa shape index (κ2) is 7.03. The number of esters is 1. The zero-order valence-electron chi connectivity index (χ0n) is 13.9. The number of ether oxygens (including phenoxy) is 1. The van der Waals surface area contributed by atoms with Gasteiger partial charge in [0, 0.05) is 21.7 Å². The second-order valence-corrected chi connectivity index (χ2v) is 6.22. The number of fused-ring (bicyclic) bond motifs is 1. The summed E-state index contributed by atoms with van der Waals surface area (Å²) in [7, 11) is 0. The van der Waals surface area contributed by atoms with Crippen LogP contribution in [0.5, 0.6) is 0 Å². The zero-order chi connectivity index (χ0) is 18.0. The molecule has 0 radical (unpaired) electrons. The van der Waals surface area contributed by atoms with Gasteiger partial charge in [0.1, 0.15) is 0 Å². The normalized spacial score (nSPS) is 10.7. The molecule has 0 fully saturated rings. The Bertz CT molecular complexity index is 965. The maximum Gasteiger partial charge on any atom is 0.339 e. The molecule has 0 saturated heterocycles. The first-order valence-corrected chi connectivity index (χ1v) is 8.16. The number of Topliss-reactive ketones (excluding diaryl/α,β-unsaturated/α-hetero) is 1. The number of halogens is 1. The molecule has 0 aliphatic rings. The van der Waals surface area contributed by atoms with E-state index in [1.54, 1.807) is 30.3 Å². The van der Waals surface area contributed by atoms with Crippen molar-refractivity contribution < 1.29 is 14.3 Å². The SMILES string of the molecule is Cc1cc(C(=O)OCC(=O)c2ccc(Cl)cc2)c2cccc(C)c2n1. The van der Waals surface area contributed by atoms with E-state index in [9.17, 15) is 9.59 Å². The van der Waals surface area contributed by atoms with Gasteiger partial charge in [0.05, 0.1) is 11.1 Å². The highest BCUT2D eigenvalue weighted by Crippen LogP contribution is 2.22. The molecule has 25 heavy (non-hydrogen) atoms. The summed E-state index contributed by atoms with van der Waals surface area (Å²) in [5, 5.41) is 1.26. The van der Waals surface area contributed by atoms with Crippen molar-refractivity contribution in [1.29, 1.82) is 0 Å².